The lowest BCUT2D eigenvalue weighted by Gasteiger charge is -2.35. The van der Waals surface area contributed by atoms with Gasteiger partial charge in [-0.1, -0.05) is 13.8 Å². The second-order valence-corrected chi connectivity index (χ2v) is 6.52. The summed E-state index contributed by atoms with van der Waals surface area (Å²) in [6.07, 6.45) is 1.19. The molecule has 1 heterocycles. The van der Waals surface area contributed by atoms with Gasteiger partial charge in [-0.3, -0.25) is 0 Å². The molecule has 88 valence electrons. The molecule has 0 aliphatic carbocycles. The van der Waals surface area contributed by atoms with Crippen LogP contribution in [0, 0.1) is 20.8 Å². The summed E-state index contributed by atoms with van der Waals surface area (Å²) in [6.45, 7) is 10.8. The molecule has 0 saturated carbocycles. The van der Waals surface area contributed by atoms with Gasteiger partial charge in [-0.15, -0.1) is 11.8 Å². The second-order valence-electron chi connectivity index (χ2n) is 5.41. The Labute approximate surface area is 102 Å². The number of fused-ring (bicyclic) bond motifs is 1. The van der Waals surface area contributed by atoms with Gasteiger partial charge in [0.25, 0.3) is 0 Å². The molecule has 1 nitrogen and oxygen atoms in total. The number of phenols is 1. The summed E-state index contributed by atoms with van der Waals surface area (Å²) >= 11 is 1.94. The Hall–Kier alpha value is -0.630. The SMILES string of the molecule is Cc1c(C)c2c(c(C)c1O)C(C)(C)CCS2. The van der Waals surface area contributed by atoms with E-state index in [1.807, 2.05) is 25.6 Å². The number of hydrogen-bond donors (Lipinski definition) is 1. The molecule has 0 aromatic heterocycles. The van der Waals surface area contributed by atoms with E-state index in [4.69, 9.17) is 0 Å². The highest BCUT2D eigenvalue weighted by molar-refractivity contribution is 7.99. The fourth-order valence-electron chi connectivity index (χ4n) is 2.63. The van der Waals surface area contributed by atoms with E-state index in [0.29, 0.717) is 5.75 Å². The zero-order chi connectivity index (χ0) is 12.1. The summed E-state index contributed by atoms with van der Waals surface area (Å²) in [4.78, 5) is 1.41. The van der Waals surface area contributed by atoms with Gasteiger partial charge >= 0.3 is 0 Å². The van der Waals surface area contributed by atoms with Crippen LogP contribution >= 0.6 is 11.8 Å². The highest BCUT2D eigenvalue weighted by Crippen LogP contribution is 2.48. The van der Waals surface area contributed by atoms with Gasteiger partial charge < -0.3 is 5.11 Å². The van der Waals surface area contributed by atoms with E-state index in [-0.39, 0.29) is 5.41 Å². The summed E-state index contributed by atoms with van der Waals surface area (Å²) in [6, 6.07) is 0. The molecule has 0 atom stereocenters. The number of hydrogen-bond acceptors (Lipinski definition) is 2. The average Bonchev–Trinajstić information content (AvgIpc) is 2.21. The molecular formula is C14H20OS. The Morgan fingerprint density at radius 2 is 1.69 bits per heavy atom. The van der Waals surface area contributed by atoms with E-state index in [9.17, 15) is 5.11 Å². The lowest BCUT2D eigenvalue weighted by molar-refractivity contribution is 0.447. The van der Waals surface area contributed by atoms with Crippen molar-refractivity contribution in [2.45, 2.75) is 51.3 Å². The van der Waals surface area contributed by atoms with Crippen LogP contribution in [-0.2, 0) is 5.41 Å². The fourth-order valence-corrected chi connectivity index (χ4v) is 4.39. The van der Waals surface area contributed by atoms with E-state index >= 15 is 0 Å². The molecule has 16 heavy (non-hydrogen) atoms. The van der Waals surface area contributed by atoms with Crippen LogP contribution in [0.4, 0.5) is 0 Å². The van der Waals surface area contributed by atoms with Crippen molar-refractivity contribution in [1.29, 1.82) is 0 Å². The molecule has 0 radical (unpaired) electrons. The Morgan fingerprint density at radius 3 is 2.31 bits per heavy atom. The quantitative estimate of drug-likeness (QED) is 0.732. The van der Waals surface area contributed by atoms with E-state index in [2.05, 4.69) is 20.8 Å². The van der Waals surface area contributed by atoms with Crippen LogP contribution in [0.2, 0.25) is 0 Å². The van der Waals surface area contributed by atoms with Gasteiger partial charge in [0.1, 0.15) is 5.75 Å². The van der Waals surface area contributed by atoms with E-state index in [0.717, 1.165) is 11.1 Å². The van der Waals surface area contributed by atoms with Crippen molar-refractivity contribution in [3.63, 3.8) is 0 Å². The van der Waals surface area contributed by atoms with Crippen molar-refractivity contribution >= 4 is 11.8 Å². The topological polar surface area (TPSA) is 20.2 Å². The third kappa shape index (κ3) is 1.55. The van der Waals surface area contributed by atoms with Gasteiger partial charge in [0, 0.05) is 4.90 Å². The molecule has 1 N–H and O–H groups in total. The van der Waals surface area contributed by atoms with E-state index in [1.54, 1.807) is 0 Å². The monoisotopic (exact) mass is 236 g/mol. The molecule has 0 amide bonds. The van der Waals surface area contributed by atoms with E-state index < -0.39 is 0 Å². The molecule has 2 heteroatoms. The highest BCUT2D eigenvalue weighted by atomic mass is 32.2. The molecule has 1 aromatic carbocycles. The first-order valence-electron chi connectivity index (χ1n) is 5.82. The number of thioether (sulfide) groups is 1. The molecule has 0 spiro atoms. The molecular weight excluding hydrogens is 216 g/mol. The van der Waals surface area contributed by atoms with Crippen molar-refractivity contribution in [3.8, 4) is 5.75 Å². The lowest BCUT2D eigenvalue weighted by Crippen LogP contribution is -2.25. The van der Waals surface area contributed by atoms with Crippen molar-refractivity contribution < 1.29 is 5.11 Å². The average molecular weight is 236 g/mol. The molecule has 0 saturated heterocycles. The van der Waals surface area contributed by atoms with Gasteiger partial charge in [-0.05, 0) is 60.6 Å². The van der Waals surface area contributed by atoms with Gasteiger partial charge in [-0.25, -0.2) is 0 Å². The van der Waals surface area contributed by atoms with Crippen LogP contribution in [0.25, 0.3) is 0 Å². The minimum atomic E-state index is 0.195. The predicted octanol–water partition coefficient (Wildman–Crippen LogP) is 4.09. The number of phenolic OH excluding ortho intramolecular Hbond substituents is 1. The summed E-state index contributed by atoms with van der Waals surface area (Å²) in [5, 5.41) is 10.2. The van der Waals surface area contributed by atoms with Gasteiger partial charge in [0.15, 0.2) is 0 Å². The smallest absolute Gasteiger partial charge is 0.122 e. The zero-order valence-electron chi connectivity index (χ0n) is 10.8. The lowest BCUT2D eigenvalue weighted by atomic mass is 9.77. The van der Waals surface area contributed by atoms with Crippen LogP contribution in [0.3, 0.4) is 0 Å². The first kappa shape index (κ1) is 11.8. The maximum atomic E-state index is 10.2. The fraction of sp³-hybridized carbons (Fsp3) is 0.571. The minimum absolute atomic E-state index is 0.195. The third-order valence-corrected chi connectivity index (χ3v) is 5.07. The van der Waals surface area contributed by atoms with E-state index in [1.165, 1.54) is 28.2 Å². The molecule has 1 aliphatic rings. The molecule has 0 unspecified atom stereocenters. The Balaban J connectivity index is 2.81. The zero-order valence-corrected chi connectivity index (χ0v) is 11.6. The van der Waals surface area contributed by atoms with Crippen LogP contribution in [0.1, 0.15) is 42.5 Å². The van der Waals surface area contributed by atoms with Crippen molar-refractivity contribution in [1.82, 2.24) is 0 Å². The number of benzene rings is 1. The predicted molar refractivity (Wildman–Crippen MR) is 70.7 cm³/mol. The largest absolute Gasteiger partial charge is 0.507 e. The normalized spacial score (nSPS) is 18.3. The van der Waals surface area contributed by atoms with Crippen molar-refractivity contribution in [3.05, 3.63) is 22.3 Å². The van der Waals surface area contributed by atoms with Gasteiger partial charge in [0.05, 0.1) is 0 Å². The van der Waals surface area contributed by atoms with Crippen LogP contribution in [0.5, 0.6) is 5.75 Å². The van der Waals surface area contributed by atoms with Crippen LogP contribution < -0.4 is 0 Å². The standard InChI is InChI=1S/C14H20OS/c1-8-9(2)13-11(10(3)12(8)15)14(4,5)6-7-16-13/h15H,6-7H2,1-5H3. The number of aromatic hydroxyl groups is 1. The maximum Gasteiger partial charge on any atom is 0.122 e. The number of rotatable bonds is 0. The van der Waals surface area contributed by atoms with Gasteiger partial charge in [-0.2, -0.15) is 0 Å². The summed E-state index contributed by atoms with van der Waals surface area (Å²) in [7, 11) is 0. The van der Waals surface area contributed by atoms with Crippen LogP contribution in [0.15, 0.2) is 4.90 Å². The Morgan fingerprint density at radius 1 is 1.06 bits per heavy atom. The summed E-state index contributed by atoms with van der Waals surface area (Å²) < 4.78 is 0. The Kier molecular flexibility index (Phi) is 2.73. The Bertz CT molecular complexity index is 447. The molecule has 1 aliphatic heterocycles. The molecule has 0 bridgehead atoms. The second kappa shape index (κ2) is 3.69. The van der Waals surface area contributed by atoms with Crippen LogP contribution in [-0.4, -0.2) is 10.9 Å². The first-order chi connectivity index (χ1) is 7.36. The first-order valence-corrected chi connectivity index (χ1v) is 6.81. The van der Waals surface area contributed by atoms with Crippen molar-refractivity contribution in [2.75, 3.05) is 5.75 Å². The van der Waals surface area contributed by atoms with Crippen molar-refractivity contribution in [2.24, 2.45) is 0 Å². The highest BCUT2D eigenvalue weighted by Gasteiger charge is 2.32. The molecule has 1 aromatic rings. The minimum Gasteiger partial charge on any atom is -0.507 e. The third-order valence-electron chi connectivity index (χ3n) is 3.87. The maximum absolute atomic E-state index is 10.2. The summed E-state index contributed by atoms with van der Waals surface area (Å²) in [5.41, 5.74) is 4.94. The van der Waals surface area contributed by atoms with Gasteiger partial charge in [0.2, 0.25) is 0 Å². The molecule has 0 fully saturated rings. The summed E-state index contributed by atoms with van der Waals surface area (Å²) in [5.74, 6) is 1.68. The molecule has 2 rings (SSSR count).